The lowest BCUT2D eigenvalue weighted by molar-refractivity contribution is -0.192. The Bertz CT molecular complexity index is 1900. The molecule has 2 aromatic heterocycles. The van der Waals surface area contributed by atoms with Crippen LogP contribution in [-0.2, 0) is 38.1 Å². The molecule has 0 unspecified atom stereocenters. The molecule has 0 aliphatic carbocycles. The first-order valence-electron chi connectivity index (χ1n) is 14.2. The van der Waals surface area contributed by atoms with Crippen molar-refractivity contribution in [2.75, 3.05) is 18.4 Å². The number of aromatic nitrogens is 3. The number of carboxylic acids is 1. The van der Waals surface area contributed by atoms with Crippen molar-refractivity contribution in [1.29, 1.82) is 0 Å². The number of alkyl halides is 3. The van der Waals surface area contributed by atoms with Gasteiger partial charge in [-0.2, -0.15) is 17.5 Å². The fraction of sp³-hybridized carbons (Fsp3) is 0.300. The second-order valence-corrected chi connectivity index (χ2v) is 12.6. The van der Waals surface area contributed by atoms with Gasteiger partial charge in [0, 0.05) is 48.7 Å². The molecule has 18 heteroatoms. The van der Waals surface area contributed by atoms with E-state index in [4.69, 9.17) is 14.6 Å². The zero-order chi connectivity index (χ0) is 35.2. The molecule has 4 N–H and O–H groups in total. The smallest absolute Gasteiger partial charge is 0.489 e. The Labute approximate surface area is 272 Å². The molecule has 0 bridgehead atoms. The van der Waals surface area contributed by atoms with Gasteiger partial charge in [-0.25, -0.2) is 23.7 Å². The summed E-state index contributed by atoms with van der Waals surface area (Å²) in [6.07, 6.45) is -2.28. The number of benzene rings is 2. The number of ether oxygens (including phenoxy) is 1. The number of imidazole rings is 1. The Morgan fingerprint density at radius 3 is 2.33 bits per heavy atom. The number of carbonyl (C=O) groups excluding carboxylic acids is 2. The molecular formula is C30H31F3N6O8S. The number of piperidine rings is 1. The summed E-state index contributed by atoms with van der Waals surface area (Å²) in [5.74, 6) is -5.42. The number of sulfonamides is 1. The average Bonchev–Trinajstić information content (AvgIpc) is 3.50. The van der Waals surface area contributed by atoms with Gasteiger partial charge in [0.25, 0.3) is 10.0 Å². The number of aryl methyl sites for hydroxylation is 2. The molecule has 14 nitrogen and oxygen atoms in total. The zero-order valence-corrected chi connectivity index (χ0v) is 26.3. The summed E-state index contributed by atoms with van der Waals surface area (Å²) in [4.78, 5) is 43.0. The fourth-order valence-electron chi connectivity index (χ4n) is 5.00. The van der Waals surface area contributed by atoms with Crippen LogP contribution in [0.15, 0.2) is 72.1 Å². The molecule has 2 aromatic carbocycles. The standard InChI is InChI=1S/C28H30N6O6S.C2HF3O2/c1-18-13-19(22-5-3-4-6-25(22)30-18)16-40-21-9-7-20(8-10-21)31-27(35)23-11-12-34(14-24(23)28(36)32-37)41(38,39)26-15-33(2)17-29-26;3-2(4,5)1(6)7/h3-10,13,15,17,23-24,37H,11-12,14,16H2,1-2H3,(H,31,35)(H,32,36);(H,6,7)/t23-,24-;/m0./s1. The van der Waals surface area contributed by atoms with Crippen molar-refractivity contribution in [1.82, 2.24) is 24.3 Å². The van der Waals surface area contributed by atoms with Gasteiger partial charge in [-0.3, -0.25) is 19.8 Å². The quantitative estimate of drug-likeness (QED) is 0.157. The summed E-state index contributed by atoms with van der Waals surface area (Å²) in [6, 6.07) is 16.7. The Balaban J connectivity index is 0.000000671. The summed E-state index contributed by atoms with van der Waals surface area (Å²) < 4.78 is 66.4. The second kappa shape index (κ2) is 14.8. The van der Waals surface area contributed by atoms with Gasteiger partial charge in [0.15, 0.2) is 5.03 Å². The molecule has 0 spiro atoms. The topological polar surface area (TPSA) is 193 Å². The number of anilines is 1. The van der Waals surface area contributed by atoms with Gasteiger partial charge < -0.3 is 19.7 Å². The van der Waals surface area contributed by atoms with Gasteiger partial charge in [-0.1, -0.05) is 18.2 Å². The normalized spacial score (nSPS) is 16.8. The van der Waals surface area contributed by atoms with Crippen molar-refractivity contribution in [2.45, 2.75) is 31.2 Å². The molecule has 1 aliphatic rings. The minimum atomic E-state index is -5.08. The van der Waals surface area contributed by atoms with Crippen LogP contribution in [0.1, 0.15) is 17.7 Å². The summed E-state index contributed by atoms with van der Waals surface area (Å²) in [7, 11) is -2.33. The number of fused-ring (bicyclic) bond motifs is 1. The third-order valence-electron chi connectivity index (χ3n) is 7.33. The number of pyridine rings is 1. The van der Waals surface area contributed by atoms with Crippen LogP contribution in [0.4, 0.5) is 18.9 Å². The van der Waals surface area contributed by atoms with Gasteiger partial charge in [0.2, 0.25) is 11.8 Å². The number of aliphatic carboxylic acids is 1. The van der Waals surface area contributed by atoms with E-state index in [1.165, 1.54) is 17.1 Å². The lowest BCUT2D eigenvalue weighted by Crippen LogP contribution is -2.51. The lowest BCUT2D eigenvalue weighted by atomic mass is 9.85. The van der Waals surface area contributed by atoms with Gasteiger partial charge in [-0.05, 0) is 49.7 Å². The number of rotatable bonds is 8. The van der Waals surface area contributed by atoms with Crippen molar-refractivity contribution in [3.8, 4) is 5.75 Å². The maximum absolute atomic E-state index is 13.2. The molecule has 2 amide bonds. The Morgan fingerprint density at radius 1 is 1.06 bits per heavy atom. The Kier molecular flexibility index (Phi) is 11.0. The number of nitrogens with one attached hydrogen (secondary N) is 2. The first kappa shape index (κ1) is 35.8. The van der Waals surface area contributed by atoms with E-state index in [1.807, 2.05) is 37.3 Å². The number of hydrogen-bond donors (Lipinski definition) is 4. The van der Waals surface area contributed by atoms with E-state index in [0.29, 0.717) is 18.0 Å². The molecule has 0 radical (unpaired) electrons. The third kappa shape index (κ3) is 8.64. The Morgan fingerprint density at radius 2 is 1.73 bits per heavy atom. The summed E-state index contributed by atoms with van der Waals surface area (Å²) >= 11 is 0. The number of halogens is 3. The maximum Gasteiger partial charge on any atom is 0.490 e. The lowest BCUT2D eigenvalue weighted by Gasteiger charge is -2.35. The SMILES string of the molecule is Cc1cc(COc2ccc(NC(=O)[C@H]3CCN(S(=O)(=O)c4cn(C)cn4)C[C@@H]3C(=O)NO)cc2)c2ccccc2n1.O=C(O)C(F)(F)F. The van der Waals surface area contributed by atoms with Crippen LogP contribution < -0.4 is 15.5 Å². The van der Waals surface area contributed by atoms with E-state index in [2.05, 4.69) is 15.3 Å². The predicted octanol–water partition coefficient (Wildman–Crippen LogP) is 3.26. The first-order chi connectivity index (χ1) is 22.6. The number of carbonyl (C=O) groups is 3. The molecule has 256 valence electrons. The second-order valence-electron chi connectivity index (χ2n) is 10.8. The van der Waals surface area contributed by atoms with E-state index in [0.717, 1.165) is 26.5 Å². The van der Waals surface area contributed by atoms with E-state index >= 15 is 0 Å². The van der Waals surface area contributed by atoms with Gasteiger partial charge in [-0.15, -0.1) is 0 Å². The number of nitrogens with zero attached hydrogens (tertiary/aromatic N) is 4. The largest absolute Gasteiger partial charge is 0.490 e. The highest BCUT2D eigenvalue weighted by atomic mass is 32.2. The van der Waals surface area contributed by atoms with Crippen LogP contribution in [0, 0.1) is 18.8 Å². The van der Waals surface area contributed by atoms with E-state index in [1.54, 1.807) is 36.8 Å². The van der Waals surface area contributed by atoms with Crippen LogP contribution in [0.3, 0.4) is 0 Å². The summed E-state index contributed by atoms with van der Waals surface area (Å²) in [5.41, 5.74) is 4.86. The van der Waals surface area contributed by atoms with E-state index < -0.39 is 45.8 Å². The van der Waals surface area contributed by atoms with Crippen molar-refractivity contribution in [2.24, 2.45) is 18.9 Å². The summed E-state index contributed by atoms with van der Waals surface area (Å²) in [5, 5.41) is 20.1. The van der Waals surface area contributed by atoms with E-state index in [-0.39, 0.29) is 24.5 Å². The average molecular weight is 693 g/mol. The zero-order valence-electron chi connectivity index (χ0n) is 25.5. The number of carboxylic acid groups (broad SMARTS) is 1. The molecule has 1 saturated heterocycles. The monoisotopic (exact) mass is 692 g/mol. The Hall–Kier alpha value is -5.07. The van der Waals surface area contributed by atoms with Crippen LogP contribution in [0.2, 0.25) is 0 Å². The highest BCUT2D eigenvalue weighted by molar-refractivity contribution is 7.89. The van der Waals surface area contributed by atoms with Crippen molar-refractivity contribution >= 4 is 44.4 Å². The van der Waals surface area contributed by atoms with Crippen molar-refractivity contribution < 1.29 is 51.0 Å². The molecule has 2 atom stereocenters. The van der Waals surface area contributed by atoms with Crippen LogP contribution in [0.25, 0.3) is 10.9 Å². The predicted molar refractivity (Wildman–Crippen MR) is 163 cm³/mol. The highest BCUT2D eigenvalue weighted by Crippen LogP contribution is 2.30. The third-order valence-corrected chi connectivity index (χ3v) is 9.08. The minimum Gasteiger partial charge on any atom is -0.489 e. The molecule has 48 heavy (non-hydrogen) atoms. The minimum absolute atomic E-state index is 0.0160. The molecule has 5 rings (SSSR count). The van der Waals surface area contributed by atoms with Gasteiger partial charge >= 0.3 is 12.1 Å². The maximum atomic E-state index is 13.2. The van der Waals surface area contributed by atoms with Crippen LogP contribution >= 0.6 is 0 Å². The number of hydrogen-bond acceptors (Lipinski definition) is 9. The van der Waals surface area contributed by atoms with Gasteiger partial charge in [0.1, 0.15) is 12.4 Å². The first-order valence-corrected chi connectivity index (χ1v) is 15.6. The van der Waals surface area contributed by atoms with Gasteiger partial charge in [0.05, 0.1) is 23.7 Å². The van der Waals surface area contributed by atoms with E-state index in [9.17, 15) is 36.4 Å². The van der Waals surface area contributed by atoms with Crippen molar-refractivity contribution in [3.63, 3.8) is 0 Å². The van der Waals surface area contributed by atoms with Crippen LogP contribution in [0.5, 0.6) is 5.75 Å². The molecule has 3 heterocycles. The van der Waals surface area contributed by atoms with Crippen LogP contribution in [-0.4, -0.2) is 74.6 Å². The number of para-hydroxylation sites is 1. The molecule has 0 saturated carbocycles. The molecule has 1 fully saturated rings. The van der Waals surface area contributed by atoms with Crippen molar-refractivity contribution in [3.05, 3.63) is 78.4 Å². The number of hydroxylamine groups is 1. The molecule has 1 aliphatic heterocycles. The molecular weight excluding hydrogens is 661 g/mol. The number of amides is 2. The summed E-state index contributed by atoms with van der Waals surface area (Å²) in [6.45, 7) is 2.01. The fourth-order valence-corrected chi connectivity index (χ4v) is 6.45. The highest BCUT2D eigenvalue weighted by Gasteiger charge is 2.43. The molecule has 4 aromatic rings.